The molecule has 43 heavy (non-hydrogen) atoms. The minimum Gasteiger partial charge on any atom is -0.442 e. The Morgan fingerprint density at radius 2 is 1.70 bits per heavy atom. The van der Waals surface area contributed by atoms with E-state index in [0.717, 1.165) is 44.9 Å². The summed E-state index contributed by atoms with van der Waals surface area (Å²) in [6.07, 6.45) is -0.109. The minimum absolute atomic E-state index is 0.0258. The molecule has 3 aliphatic heterocycles. The number of carbonyl (C=O) groups is 2. The zero-order valence-corrected chi connectivity index (χ0v) is 24.0. The third kappa shape index (κ3) is 6.53. The van der Waals surface area contributed by atoms with Crippen LogP contribution in [0, 0.1) is 11.6 Å². The van der Waals surface area contributed by atoms with Gasteiger partial charge in [-0.2, -0.15) is 4.80 Å². The van der Waals surface area contributed by atoms with Crippen molar-refractivity contribution < 1.29 is 23.1 Å². The zero-order valence-electron chi connectivity index (χ0n) is 24.0. The summed E-state index contributed by atoms with van der Waals surface area (Å²) in [6.45, 7) is 6.77. The second-order valence-corrected chi connectivity index (χ2v) is 11.2. The van der Waals surface area contributed by atoms with Crippen molar-refractivity contribution in [2.75, 3.05) is 67.1 Å². The molecule has 3 saturated heterocycles. The molecule has 6 rings (SSSR count). The number of tetrazole rings is 1. The average Bonchev–Trinajstić information content (AvgIpc) is 3.64. The Morgan fingerprint density at radius 1 is 1.00 bits per heavy atom. The molecule has 0 spiro atoms. The molecule has 2 amide bonds. The van der Waals surface area contributed by atoms with Crippen molar-refractivity contribution in [3.05, 3.63) is 59.7 Å². The van der Waals surface area contributed by atoms with Gasteiger partial charge in [0.25, 0.3) is 5.95 Å². The van der Waals surface area contributed by atoms with E-state index < -0.39 is 23.8 Å². The van der Waals surface area contributed by atoms with Gasteiger partial charge in [0.1, 0.15) is 11.8 Å². The molecule has 0 radical (unpaired) electrons. The number of ether oxygens (including phenoxy) is 1. The molecular weight excluding hydrogens is 560 g/mol. The first-order valence-corrected chi connectivity index (χ1v) is 14.6. The van der Waals surface area contributed by atoms with Gasteiger partial charge in [-0.1, -0.05) is 35.4 Å². The number of piperazine rings is 1. The summed E-state index contributed by atoms with van der Waals surface area (Å²) in [5.41, 5.74) is 1.25. The van der Waals surface area contributed by atoms with E-state index >= 15 is 8.78 Å². The molecule has 228 valence electrons. The fraction of sp³-hybridized carbons (Fsp3) is 0.483. The third-order valence-electron chi connectivity index (χ3n) is 8.20. The smallest absolute Gasteiger partial charge is 0.414 e. The van der Waals surface area contributed by atoms with Crippen LogP contribution in [-0.2, 0) is 16.1 Å². The molecule has 1 N–H and O–H groups in total. The number of benzene rings is 2. The topological polar surface area (TPSA) is 112 Å². The molecule has 2 aromatic carbocycles. The predicted octanol–water partition coefficient (Wildman–Crippen LogP) is 2.58. The highest BCUT2D eigenvalue weighted by Gasteiger charge is 2.34. The van der Waals surface area contributed by atoms with Crippen molar-refractivity contribution in [2.45, 2.75) is 38.5 Å². The summed E-state index contributed by atoms with van der Waals surface area (Å²) in [6, 6.07) is 12.7. The minimum atomic E-state index is -0.751. The molecule has 0 bridgehead atoms. The lowest BCUT2D eigenvalue weighted by Gasteiger charge is -2.34. The van der Waals surface area contributed by atoms with Crippen molar-refractivity contribution in [3.63, 3.8) is 0 Å². The summed E-state index contributed by atoms with van der Waals surface area (Å²) in [5, 5.41) is 15.8. The molecule has 3 fully saturated rings. The van der Waals surface area contributed by atoms with Crippen LogP contribution >= 0.6 is 0 Å². The summed E-state index contributed by atoms with van der Waals surface area (Å²) in [7, 11) is 0. The number of rotatable bonds is 8. The standard InChI is InChI=1S/C29H35F2N9O3/c1-20(41)32-17-24-19-39(29(42)43-24)23-15-25(30)27(26(31)16-23)37-9-7-22(8-10-37)40-34-28(33-35-40)38-13-11-36(12-14-38)18-21-5-3-2-4-6-21/h2-6,15-16,22,24H,7-14,17-19H2,1H3,(H,32,41). The van der Waals surface area contributed by atoms with Crippen molar-refractivity contribution in [1.29, 1.82) is 0 Å². The predicted molar refractivity (Wildman–Crippen MR) is 155 cm³/mol. The highest BCUT2D eigenvalue weighted by atomic mass is 19.1. The van der Waals surface area contributed by atoms with Crippen molar-refractivity contribution in [2.24, 2.45) is 0 Å². The van der Waals surface area contributed by atoms with E-state index in [1.165, 1.54) is 17.4 Å². The second kappa shape index (κ2) is 12.5. The lowest BCUT2D eigenvalue weighted by atomic mass is 10.0. The summed E-state index contributed by atoms with van der Waals surface area (Å²) in [4.78, 5) is 32.5. The largest absolute Gasteiger partial charge is 0.442 e. The van der Waals surface area contributed by atoms with E-state index in [2.05, 4.69) is 54.8 Å². The summed E-state index contributed by atoms with van der Waals surface area (Å²) in [5.74, 6) is -1.15. The molecule has 4 heterocycles. The number of hydrogen-bond donors (Lipinski definition) is 1. The molecule has 1 atom stereocenters. The van der Waals surface area contributed by atoms with Gasteiger partial charge in [0, 0.05) is 64.9 Å². The van der Waals surface area contributed by atoms with Gasteiger partial charge in [-0.3, -0.25) is 14.6 Å². The van der Waals surface area contributed by atoms with Gasteiger partial charge < -0.3 is 19.9 Å². The van der Waals surface area contributed by atoms with Crippen LogP contribution in [0.25, 0.3) is 0 Å². The molecule has 12 nitrogen and oxygen atoms in total. The van der Waals surface area contributed by atoms with Crippen LogP contribution in [-0.4, -0.2) is 95.6 Å². The van der Waals surface area contributed by atoms with Crippen LogP contribution in [0.15, 0.2) is 42.5 Å². The number of anilines is 3. The number of piperidine rings is 1. The maximum absolute atomic E-state index is 15.2. The van der Waals surface area contributed by atoms with E-state index in [1.807, 2.05) is 6.07 Å². The van der Waals surface area contributed by atoms with Gasteiger partial charge in [-0.25, -0.2) is 13.6 Å². The van der Waals surface area contributed by atoms with Gasteiger partial charge in [-0.05, 0) is 23.6 Å². The number of aromatic nitrogens is 4. The van der Waals surface area contributed by atoms with Crippen LogP contribution in [0.5, 0.6) is 0 Å². The highest BCUT2D eigenvalue weighted by Crippen LogP contribution is 2.34. The Morgan fingerprint density at radius 3 is 2.37 bits per heavy atom. The second-order valence-electron chi connectivity index (χ2n) is 11.2. The Hall–Kier alpha value is -4.33. The molecule has 0 saturated carbocycles. The van der Waals surface area contributed by atoms with E-state index in [-0.39, 0.29) is 36.4 Å². The number of cyclic esters (lactones) is 1. The Bertz CT molecular complexity index is 1420. The van der Waals surface area contributed by atoms with Gasteiger partial charge in [-0.15, -0.1) is 5.10 Å². The quantitative estimate of drug-likeness (QED) is 0.420. The molecule has 0 aliphatic carbocycles. The monoisotopic (exact) mass is 595 g/mol. The lowest BCUT2D eigenvalue weighted by molar-refractivity contribution is -0.119. The molecule has 14 heteroatoms. The molecule has 3 aromatic rings. The highest BCUT2D eigenvalue weighted by molar-refractivity contribution is 5.90. The normalized spacial score (nSPS) is 20.0. The van der Waals surface area contributed by atoms with Crippen LogP contribution in [0.4, 0.5) is 30.9 Å². The summed E-state index contributed by atoms with van der Waals surface area (Å²) >= 11 is 0. The van der Waals surface area contributed by atoms with Crippen molar-refractivity contribution >= 4 is 29.3 Å². The number of nitrogens with one attached hydrogen (secondary N) is 1. The Kier molecular flexibility index (Phi) is 8.36. The third-order valence-corrected chi connectivity index (χ3v) is 8.20. The SMILES string of the molecule is CC(=O)NCC1CN(c2cc(F)c(N3CCC(n4nnc(N5CCN(Cc6ccccc6)CC5)n4)CC3)c(F)c2)C(=O)O1. The van der Waals surface area contributed by atoms with Crippen LogP contribution in [0.3, 0.4) is 0 Å². The van der Waals surface area contributed by atoms with Gasteiger partial charge >= 0.3 is 6.09 Å². The number of amides is 2. The molecule has 3 aliphatic rings. The maximum atomic E-state index is 15.2. The zero-order chi connectivity index (χ0) is 29.9. The average molecular weight is 596 g/mol. The lowest BCUT2D eigenvalue weighted by Crippen LogP contribution is -2.46. The first-order valence-electron chi connectivity index (χ1n) is 14.6. The molecular formula is C29H35F2N9O3. The first-order chi connectivity index (χ1) is 20.8. The number of nitrogens with zero attached hydrogens (tertiary/aromatic N) is 8. The van der Waals surface area contributed by atoms with E-state index in [9.17, 15) is 9.59 Å². The first kappa shape index (κ1) is 28.8. The Balaban J connectivity index is 1.02. The van der Waals surface area contributed by atoms with E-state index in [4.69, 9.17) is 4.74 Å². The van der Waals surface area contributed by atoms with Crippen LogP contribution < -0.4 is 20.0 Å². The fourth-order valence-electron chi connectivity index (χ4n) is 5.87. The van der Waals surface area contributed by atoms with Crippen LogP contribution in [0.1, 0.15) is 31.4 Å². The number of halogens is 2. The summed E-state index contributed by atoms with van der Waals surface area (Å²) < 4.78 is 35.7. The molecule has 1 aromatic heterocycles. The van der Waals surface area contributed by atoms with Gasteiger partial charge in [0.2, 0.25) is 5.91 Å². The van der Waals surface area contributed by atoms with Gasteiger partial charge in [0.05, 0.1) is 24.8 Å². The van der Waals surface area contributed by atoms with Gasteiger partial charge in [0.15, 0.2) is 11.6 Å². The van der Waals surface area contributed by atoms with Crippen molar-refractivity contribution in [1.82, 2.24) is 30.4 Å². The van der Waals surface area contributed by atoms with Crippen LogP contribution in [0.2, 0.25) is 0 Å². The maximum Gasteiger partial charge on any atom is 0.414 e. The number of carbonyl (C=O) groups excluding carboxylic acids is 2. The number of hydrogen-bond acceptors (Lipinski definition) is 9. The van der Waals surface area contributed by atoms with E-state index in [1.54, 1.807) is 9.70 Å². The fourth-order valence-corrected chi connectivity index (χ4v) is 5.87. The van der Waals surface area contributed by atoms with Crippen molar-refractivity contribution in [3.8, 4) is 0 Å². The Labute approximate surface area is 248 Å². The molecule has 1 unspecified atom stereocenters. The van der Waals surface area contributed by atoms with E-state index in [0.29, 0.717) is 31.9 Å².